The van der Waals surface area contributed by atoms with Gasteiger partial charge in [0.25, 0.3) is 5.56 Å². The number of rotatable bonds is 3. The third-order valence-corrected chi connectivity index (χ3v) is 6.16. The number of nitrogens with one attached hydrogen (secondary N) is 1. The monoisotopic (exact) mass is 483 g/mol. The van der Waals surface area contributed by atoms with Crippen molar-refractivity contribution in [1.82, 2.24) is 19.4 Å². The van der Waals surface area contributed by atoms with Gasteiger partial charge >= 0.3 is 0 Å². The molecule has 0 bridgehead atoms. The van der Waals surface area contributed by atoms with Gasteiger partial charge in [-0.25, -0.2) is 9.37 Å². The number of carbonyl (C=O) groups excluding carboxylic acids is 1. The van der Waals surface area contributed by atoms with Gasteiger partial charge in [0.1, 0.15) is 23.4 Å². The summed E-state index contributed by atoms with van der Waals surface area (Å²) >= 11 is 3.44. The average molecular weight is 484 g/mol. The Balaban J connectivity index is 1.31. The Morgan fingerprint density at radius 3 is 2.58 bits per heavy atom. The first-order chi connectivity index (χ1) is 15.0. The lowest BCUT2D eigenvalue weighted by Gasteiger charge is -2.36. The minimum Gasteiger partial charge on any atom is -0.368 e. The maximum atomic E-state index is 13.1. The summed E-state index contributed by atoms with van der Waals surface area (Å²) in [4.78, 5) is 37.2. The zero-order valence-electron chi connectivity index (χ0n) is 16.5. The van der Waals surface area contributed by atoms with Gasteiger partial charge in [0.2, 0.25) is 5.91 Å². The number of nitrogens with zero attached hydrogens (tertiary/aromatic N) is 4. The Hall–Kier alpha value is -3.20. The quantitative estimate of drug-likeness (QED) is 0.485. The van der Waals surface area contributed by atoms with Crippen LogP contribution < -0.4 is 10.5 Å². The van der Waals surface area contributed by atoms with Gasteiger partial charge in [0, 0.05) is 47.2 Å². The van der Waals surface area contributed by atoms with Gasteiger partial charge in [-0.2, -0.15) is 0 Å². The van der Waals surface area contributed by atoms with E-state index in [1.54, 1.807) is 17.0 Å². The van der Waals surface area contributed by atoms with Crippen molar-refractivity contribution in [2.45, 2.75) is 6.54 Å². The summed E-state index contributed by atoms with van der Waals surface area (Å²) in [5.74, 6) is -0.392. The van der Waals surface area contributed by atoms with Crippen LogP contribution in [-0.2, 0) is 11.3 Å². The molecule has 2 aromatic heterocycles. The van der Waals surface area contributed by atoms with E-state index in [-0.39, 0.29) is 23.8 Å². The van der Waals surface area contributed by atoms with Crippen LogP contribution in [0.1, 0.15) is 0 Å². The van der Waals surface area contributed by atoms with E-state index in [4.69, 9.17) is 0 Å². The van der Waals surface area contributed by atoms with E-state index in [0.29, 0.717) is 37.2 Å². The largest absolute Gasteiger partial charge is 0.368 e. The molecule has 4 aromatic rings. The number of carbonyl (C=O) groups is 1. The minimum atomic E-state index is -0.268. The number of hydrogen-bond donors (Lipinski definition) is 1. The highest BCUT2D eigenvalue weighted by Crippen LogP contribution is 2.25. The average Bonchev–Trinajstić information content (AvgIpc) is 3.15. The van der Waals surface area contributed by atoms with Crippen molar-refractivity contribution >= 4 is 49.5 Å². The van der Waals surface area contributed by atoms with Crippen LogP contribution in [-0.4, -0.2) is 51.5 Å². The molecule has 1 aliphatic heterocycles. The van der Waals surface area contributed by atoms with Crippen molar-refractivity contribution in [3.05, 3.63) is 69.4 Å². The van der Waals surface area contributed by atoms with E-state index >= 15 is 0 Å². The second-order valence-electron chi connectivity index (χ2n) is 7.56. The lowest BCUT2D eigenvalue weighted by Crippen LogP contribution is -2.50. The highest BCUT2D eigenvalue weighted by molar-refractivity contribution is 9.10. The second kappa shape index (κ2) is 7.81. The Morgan fingerprint density at radius 2 is 1.84 bits per heavy atom. The fraction of sp³-hybridized carbons (Fsp3) is 0.227. The van der Waals surface area contributed by atoms with Crippen LogP contribution in [0.15, 0.2) is 58.1 Å². The lowest BCUT2D eigenvalue weighted by atomic mass is 10.2. The van der Waals surface area contributed by atoms with Crippen molar-refractivity contribution in [1.29, 1.82) is 0 Å². The SMILES string of the molecule is O=C(Cn1cnc2c([nH]c3ccc(Br)cc32)c1=O)N1CCN(c2ccc(F)cc2)CC1. The maximum absolute atomic E-state index is 13.1. The number of benzene rings is 2. The Labute approximate surface area is 185 Å². The highest BCUT2D eigenvalue weighted by atomic mass is 79.9. The molecular weight excluding hydrogens is 465 g/mol. The molecule has 0 radical (unpaired) electrons. The summed E-state index contributed by atoms with van der Waals surface area (Å²) < 4.78 is 15.4. The zero-order valence-corrected chi connectivity index (χ0v) is 18.1. The van der Waals surface area contributed by atoms with Crippen LogP contribution in [0.25, 0.3) is 21.9 Å². The summed E-state index contributed by atoms with van der Waals surface area (Å²) in [7, 11) is 0. The molecule has 1 amide bonds. The summed E-state index contributed by atoms with van der Waals surface area (Å²) in [6, 6.07) is 12.0. The van der Waals surface area contributed by atoms with Crippen LogP contribution >= 0.6 is 15.9 Å². The third kappa shape index (κ3) is 3.69. The number of hydrogen-bond acceptors (Lipinski definition) is 4. The van der Waals surface area contributed by atoms with Crippen LogP contribution in [0.4, 0.5) is 10.1 Å². The molecule has 1 N–H and O–H groups in total. The normalized spacial score (nSPS) is 14.5. The molecule has 0 atom stereocenters. The molecule has 0 saturated carbocycles. The summed E-state index contributed by atoms with van der Waals surface area (Å²) in [5, 5.41) is 0.858. The predicted octanol–water partition coefficient (Wildman–Crippen LogP) is 3.13. The number of H-pyrrole nitrogens is 1. The molecule has 158 valence electrons. The molecule has 3 heterocycles. The molecule has 2 aromatic carbocycles. The first-order valence-corrected chi connectivity index (χ1v) is 10.7. The van der Waals surface area contributed by atoms with E-state index < -0.39 is 0 Å². The summed E-state index contributed by atoms with van der Waals surface area (Å²) in [5.41, 5.74) is 2.48. The fourth-order valence-electron chi connectivity index (χ4n) is 3.99. The number of anilines is 1. The van der Waals surface area contributed by atoms with Gasteiger partial charge in [0.15, 0.2) is 0 Å². The molecule has 1 aliphatic rings. The molecule has 5 rings (SSSR count). The summed E-state index contributed by atoms with van der Waals surface area (Å²) in [6.07, 6.45) is 1.44. The molecule has 0 unspecified atom stereocenters. The van der Waals surface area contributed by atoms with E-state index in [1.165, 1.54) is 23.0 Å². The molecule has 9 heteroatoms. The molecule has 7 nitrogen and oxygen atoms in total. The van der Waals surface area contributed by atoms with E-state index in [1.807, 2.05) is 18.2 Å². The van der Waals surface area contributed by atoms with Gasteiger partial charge in [0.05, 0.1) is 6.33 Å². The first kappa shape index (κ1) is 19.7. The van der Waals surface area contributed by atoms with Crippen LogP contribution in [0.5, 0.6) is 0 Å². The van der Waals surface area contributed by atoms with Gasteiger partial charge < -0.3 is 14.8 Å². The number of amides is 1. The van der Waals surface area contributed by atoms with Gasteiger partial charge in [-0.05, 0) is 42.5 Å². The third-order valence-electron chi connectivity index (χ3n) is 5.66. The van der Waals surface area contributed by atoms with Crippen molar-refractivity contribution in [2.75, 3.05) is 31.1 Å². The zero-order chi connectivity index (χ0) is 21.5. The molecular formula is C22H19BrFN5O2. The summed E-state index contributed by atoms with van der Waals surface area (Å²) in [6.45, 7) is 2.33. The fourth-order valence-corrected chi connectivity index (χ4v) is 4.35. The molecule has 1 fully saturated rings. The Kier molecular flexibility index (Phi) is 4.97. The van der Waals surface area contributed by atoms with Crippen molar-refractivity contribution in [3.8, 4) is 0 Å². The van der Waals surface area contributed by atoms with E-state index in [9.17, 15) is 14.0 Å². The Bertz CT molecular complexity index is 1340. The number of fused-ring (bicyclic) bond motifs is 3. The Morgan fingerprint density at radius 1 is 1.10 bits per heavy atom. The second-order valence-corrected chi connectivity index (χ2v) is 8.48. The molecule has 0 spiro atoms. The van der Waals surface area contributed by atoms with Gasteiger partial charge in [-0.3, -0.25) is 14.2 Å². The van der Waals surface area contributed by atoms with Gasteiger partial charge in [-0.15, -0.1) is 0 Å². The molecule has 1 saturated heterocycles. The van der Waals surface area contributed by atoms with Crippen LogP contribution in [0.2, 0.25) is 0 Å². The van der Waals surface area contributed by atoms with Crippen molar-refractivity contribution < 1.29 is 9.18 Å². The molecule has 31 heavy (non-hydrogen) atoms. The minimum absolute atomic E-state index is 0.0582. The van der Waals surface area contributed by atoms with Gasteiger partial charge in [-0.1, -0.05) is 15.9 Å². The number of aromatic nitrogens is 3. The first-order valence-electron chi connectivity index (χ1n) is 9.94. The molecule has 0 aliphatic carbocycles. The number of piperazine rings is 1. The van der Waals surface area contributed by atoms with Crippen LogP contribution in [0, 0.1) is 5.82 Å². The lowest BCUT2D eigenvalue weighted by molar-refractivity contribution is -0.132. The van der Waals surface area contributed by atoms with Crippen molar-refractivity contribution in [2.24, 2.45) is 0 Å². The predicted molar refractivity (Wildman–Crippen MR) is 121 cm³/mol. The smallest absolute Gasteiger partial charge is 0.278 e. The van der Waals surface area contributed by atoms with E-state index in [2.05, 4.69) is 30.8 Å². The van der Waals surface area contributed by atoms with Crippen molar-refractivity contribution in [3.63, 3.8) is 0 Å². The number of aromatic amines is 1. The topological polar surface area (TPSA) is 74.2 Å². The van der Waals surface area contributed by atoms with E-state index in [0.717, 1.165) is 21.1 Å². The number of halogens is 2. The highest BCUT2D eigenvalue weighted by Gasteiger charge is 2.22. The standard InChI is InChI=1S/C22H19BrFN5O2/c23-14-1-6-18-17(11-14)20-21(26-18)22(31)29(13-25-20)12-19(30)28-9-7-27(8-10-28)16-4-2-15(24)3-5-16/h1-6,11,13,26H,7-10,12H2. The van der Waals surface area contributed by atoms with Crippen LogP contribution in [0.3, 0.4) is 0 Å². The maximum Gasteiger partial charge on any atom is 0.278 e.